The van der Waals surface area contributed by atoms with Crippen LogP contribution in [-0.4, -0.2) is 22.0 Å². The lowest BCUT2D eigenvalue weighted by molar-refractivity contribution is -0.115. The zero-order chi connectivity index (χ0) is 16.2. The Hall–Kier alpha value is -2.82. The normalized spacial score (nSPS) is 10.9. The van der Waals surface area contributed by atoms with Crippen LogP contribution < -0.4 is 10.1 Å². The minimum absolute atomic E-state index is 0.0739. The van der Waals surface area contributed by atoms with Crippen molar-refractivity contribution >= 4 is 22.5 Å². The first kappa shape index (κ1) is 15.1. The summed E-state index contributed by atoms with van der Waals surface area (Å²) in [6.07, 6.45) is 3.88. The summed E-state index contributed by atoms with van der Waals surface area (Å²) < 4.78 is 5.48. The highest BCUT2D eigenvalue weighted by molar-refractivity contribution is 5.92. The minimum atomic E-state index is -0.0739. The standard InChI is InChI=1S/C18H19N3O2/c1-12(2)23-18-6-5-15(11-20-18)21-17(22)10-13-3-4-14-7-8-19-16(14)9-13/h3-9,11-12,19H,10H2,1-2H3,(H,21,22). The molecule has 0 spiro atoms. The van der Waals surface area contributed by atoms with Crippen LogP contribution in [0.25, 0.3) is 10.9 Å². The number of aromatic amines is 1. The first-order chi connectivity index (χ1) is 11.1. The van der Waals surface area contributed by atoms with Gasteiger partial charge in [0, 0.05) is 17.8 Å². The van der Waals surface area contributed by atoms with Crippen LogP contribution in [-0.2, 0) is 11.2 Å². The van der Waals surface area contributed by atoms with Crippen molar-refractivity contribution in [3.63, 3.8) is 0 Å². The lowest BCUT2D eigenvalue weighted by atomic mass is 10.1. The molecule has 0 atom stereocenters. The van der Waals surface area contributed by atoms with Crippen LogP contribution in [0.2, 0.25) is 0 Å². The Bertz CT molecular complexity index is 807. The summed E-state index contributed by atoms with van der Waals surface area (Å²) in [5.74, 6) is 0.477. The average Bonchev–Trinajstić information content (AvgIpc) is 2.96. The fourth-order valence-corrected chi connectivity index (χ4v) is 2.36. The van der Waals surface area contributed by atoms with Crippen LogP contribution in [0.3, 0.4) is 0 Å². The number of H-pyrrole nitrogens is 1. The lowest BCUT2D eigenvalue weighted by Gasteiger charge is -2.09. The van der Waals surface area contributed by atoms with Crippen molar-refractivity contribution in [1.29, 1.82) is 0 Å². The smallest absolute Gasteiger partial charge is 0.228 e. The Morgan fingerprint density at radius 1 is 1.26 bits per heavy atom. The van der Waals surface area contributed by atoms with E-state index < -0.39 is 0 Å². The maximum Gasteiger partial charge on any atom is 0.228 e. The molecule has 0 saturated carbocycles. The van der Waals surface area contributed by atoms with Crippen molar-refractivity contribution < 1.29 is 9.53 Å². The second-order valence-electron chi connectivity index (χ2n) is 5.68. The number of amides is 1. The molecule has 3 aromatic rings. The Morgan fingerprint density at radius 2 is 2.13 bits per heavy atom. The van der Waals surface area contributed by atoms with Crippen molar-refractivity contribution in [1.82, 2.24) is 9.97 Å². The number of benzene rings is 1. The summed E-state index contributed by atoms with van der Waals surface area (Å²) >= 11 is 0. The summed E-state index contributed by atoms with van der Waals surface area (Å²) in [6.45, 7) is 3.89. The number of fused-ring (bicyclic) bond motifs is 1. The molecule has 0 unspecified atom stereocenters. The number of hydrogen-bond acceptors (Lipinski definition) is 3. The van der Waals surface area contributed by atoms with Crippen molar-refractivity contribution in [3.05, 3.63) is 54.4 Å². The van der Waals surface area contributed by atoms with Crippen molar-refractivity contribution in [2.24, 2.45) is 0 Å². The van der Waals surface area contributed by atoms with Gasteiger partial charge in [-0.2, -0.15) is 0 Å². The fraction of sp³-hybridized carbons (Fsp3) is 0.222. The number of carbonyl (C=O) groups is 1. The molecule has 0 aliphatic carbocycles. The molecular formula is C18H19N3O2. The van der Waals surface area contributed by atoms with Crippen molar-refractivity contribution in [2.45, 2.75) is 26.4 Å². The molecule has 118 valence electrons. The van der Waals surface area contributed by atoms with Crippen molar-refractivity contribution in [3.8, 4) is 5.88 Å². The summed E-state index contributed by atoms with van der Waals surface area (Å²) in [5, 5.41) is 3.98. The first-order valence-electron chi connectivity index (χ1n) is 7.59. The van der Waals surface area contributed by atoms with Gasteiger partial charge in [-0.1, -0.05) is 12.1 Å². The zero-order valence-corrected chi connectivity index (χ0v) is 13.2. The molecule has 5 heteroatoms. The average molecular weight is 309 g/mol. The number of ether oxygens (including phenoxy) is 1. The van der Waals surface area contributed by atoms with E-state index in [1.165, 1.54) is 0 Å². The van der Waals surface area contributed by atoms with Crippen LogP contribution in [0.15, 0.2) is 48.8 Å². The number of rotatable bonds is 5. The molecule has 0 saturated heterocycles. The van der Waals surface area contributed by atoms with Gasteiger partial charge in [-0.15, -0.1) is 0 Å². The van der Waals surface area contributed by atoms with Gasteiger partial charge in [0.25, 0.3) is 0 Å². The van der Waals surface area contributed by atoms with Gasteiger partial charge < -0.3 is 15.0 Å². The van der Waals surface area contributed by atoms with Gasteiger partial charge in [-0.25, -0.2) is 4.98 Å². The Labute approximate surface area is 134 Å². The van der Waals surface area contributed by atoms with E-state index in [1.807, 2.05) is 44.3 Å². The van der Waals surface area contributed by atoms with E-state index in [0.29, 0.717) is 18.0 Å². The van der Waals surface area contributed by atoms with Gasteiger partial charge in [0.1, 0.15) is 0 Å². The van der Waals surface area contributed by atoms with Crippen LogP contribution in [0.4, 0.5) is 5.69 Å². The molecule has 0 aliphatic heterocycles. The topological polar surface area (TPSA) is 67.0 Å². The van der Waals surface area contributed by atoms with Crippen LogP contribution in [0, 0.1) is 0 Å². The molecule has 2 N–H and O–H groups in total. The monoisotopic (exact) mass is 309 g/mol. The fourth-order valence-electron chi connectivity index (χ4n) is 2.36. The summed E-state index contributed by atoms with van der Waals surface area (Å²) in [4.78, 5) is 19.5. The predicted molar refractivity (Wildman–Crippen MR) is 90.6 cm³/mol. The third kappa shape index (κ3) is 3.88. The van der Waals surface area contributed by atoms with Crippen molar-refractivity contribution in [2.75, 3.05) is 5.32 Å². The molecule has 2 heterocycles. The highest BCUT2D eigenvalue weighted by atomic mass is 16.5. The molecule has 0 radical (unpaired) electrons. The first-order valence-corrected chi connectivity index (χ1v) is 7.59. The Morgan fingerprint density at radius 3 is 2.87 bits per heavy atom. The molecule has 3 rings (SSSR count). The van der Waals surface area contributed by atoms with Crippen LogP contribution in [0.1, 0.15) is 19.4 Å². The molecule has 0 bridgehead atoms. The molecular weight excluding hydrogens is 290 g/mol. The van der Waals surface area contributed by atoms with Crippen LogP contribution >= 0.6 is 0 Å². The summed E-state index contributed by atoms with van der Waals surface area (Å²) in [5.41, 5.74) is 2.66. The van der Waals surface area contributed by atoms with E-state index >= 15 is 0 Å². The second kappa shape index (κ2) is 6.52. The molecule has 23 heavy (non-hydrogen) atoms. The minimum Gasteiger partial charge on any atom is -0.475 e. The SMILES string of the molecule is CC(C)Oc1ccc(NC(=O)Cc2ccc3cc[nH]c3c2)cn1. The number of pyridine rings is 1. The summed E-state index contributed by atoms with van der Waals surface area (Å²) in [6, 6.07) is 11.5. The third-order valence-corrected chi connectivity index (χ3v) is 3.36. The number of nitrogens with zero attached hydrogens (tertiary/aromatic N) is 1. The molecule has 2 aromatic heterocycles. The number of anilines is 1. The Kier molecular flexibility index (Phi) is 4.28. The second-order valence-corrected chi connectivity index (χ2v) is 5.68. The highest BCUT2D eigenvalue weighted by Gasteiger charge is 2.06. The van der Waals surface area contributed by atoms with Gasteiger partial charge in [-0.3, -0.25) is 4.79 Å². The van der Waals surface area contributed by atoms with Crippen LogP contribution in [0.5, 0.6) is 5.88 Å². The molecule has 0 fully saturated rings. The molecule has 5 nitrogen and oxygen atoms in total. The third-order valence-electron chi connectivity index (χ3n) is 3.36. The highest BCUT2D eigenvalue weighted by Crippen LogP contribution is 2.16. The molecule has 1 aromatic carbocycles. The summed E-state index contributed by atoms with van der Waals surface area (Å²) in [7, 11) is 0. The number of hydrogen-bond donors (Lipinski definition) is 2. The van der Waals surface area contributed by atoms with E-state index in [4.69, 9.17) is 4.74 Å². The predicted octanol–water partition coefficient (Wildman–Crippen LogP) is 3.53. The van der Waals surface area contributed by atoms with E-state index in [0.717, 1.165) is 16.5 Å². The lowest BCUT2D eigenvalue weighted by Crippen LogP contribution is -2.14. The quantitative estimate of drug-likeness (QED) is 0.757. The number of carbonyl (C=O) groups excluding carboxylic acids is 1. The van der Waals surface area contributed by atoms with E-state index in [-0.39, 0.29) is 12.0 Å². The van der Waals surface area contributed by atoms with E-state index in [1.54, 1.807) is 18.3 Å². The van der Waals surface area contributed by atoms with Gasteiger partial charge >= 0.3 is 0 Å². The zero-order valence-electron chi connectivity index (χ0n) is 13.2. The molecule has 0 aliphatic rings. The van der Waals surface area contributed by atoms with Gasteiger partial charge in [-0.05, 0) is 43.0 Å². The maximum absolute atomic E-state index is 12.1. The van der Waals surface area contributed by atoms with E-state index in [2.05, 4.69) is 15.3 Å². The largest absolute Gasteiger partial charge is 0.475 e. The van der Waals surface area contributed by atoms with Gasteiger partial charge in [0.05, 0.1) is 24.4 Å². The van der Waals surface area contributed by atoms with Gasteiger partial charge in [0.15, 0.2) is 0 Å². The Balaban J connectivity index is 1.62. The number of aromatic nitrogens is 2. The molecule has 1 amide bonds. The maximum atomic E-state index is 12.1. The number of nitrogens with one attached hydrogen (secondary N) is 2. The van der Waals surface area contributed by atoms with E-state index in [9.17, 15) is 4.79 Å². The van der Waals surface area contributed by atoms with Gasteiger partial charge in [0.2, 0.25) is 11.8 Å².